The highest BCUT2D eigenvalue weighted by molar-refractivity contribution is 9.10. The molecule has 0 aromatic carbocycles. The summed E-state index contributed by atoms with van der Waals surface area (Å²) in [5.41, 5.74) is 0.833. The zero-order valence-electron chi connectivity index (χ0n) is 7.82. The van der Waals surface area contributed by atoms with Crippen LogP contribution in [0.25, 0.3) is 0 Å². The van der Waals surface area contributed by atoms with Crippen LogP contribution >= 0.6 is 15.9 Å². The van der Waals surface area contributed by atoms with Crippen LogP contribution in [0.5, 0.6) is 0 Å². The highest BCUT2D eigenvalue weighted by Crippen LogP contribution is 2.46. The minimum Gasteiger partial charge on any atom is -0.301 e. The van der Waals surface area contributed by atoms with Crippen LogP contribution in [-0.4, -0.2) is 11.3 Å². The van der Waals surface area contributed by atoms with Crippen molar-refractivity contribution >= 4 is 22.2 Å². The van der Waals surface area contributed by atoms with Crippen LogP contribution < -0.4 is 0 Å². The molecular formula is C11H12BrNO. The SMILES string of the molecule is O=C[C@@](Br)(c1ccccn1)C1CCC1. The van der Waals surface area contributed by atoms with E-state index in [2.05, 4.69) is 20.9 Å². The summed E-state index contributed by atoms with van der Waals surface area (Å²) in [6.07, 6.45) is 6.16. The van der Waals surface area contributed by atoms with Crippen molar-refractivity contribution in [2.75, 3.05) is 0 Å². The van der Waals surface area contributed by atoms with Crippen molar-refractivity contribution in [2.45, 2.75) is 23.6 Å². The van der Waals surface area contributed by atoms with Crippen LogP contribution in [0.3, 0.4) is 0 Å². The molecule has 0 spiro atoms. The number of hydrogen-bond acceptors (Lipinski definition) is 2. The van der Waals surface area contributed by atoms with E-state index in [9.17, 15) is 4.79 Å². The molecule has 1 aliphatic carbocycles. The average Bonchev–Trinajstić information content (AvgIpc) is 2.16. The minimum absolute atomic E-state index is 0.412. The van der Waals surface area contributed by atoms with Crippen LogP contribution in [0, 0.1) is 5.92 Å². The van der Waals surface area contributed by atoms with Crippen LogP contribution in [0.15, 0.2) is 24.4 Å². The molecule has 0 saturated heterocycles. The largest absolute Gasteiger partial charge is 0.301 e. The van der Waals surface area contributed by atoms with Crippen LogP contribution in [0.2, 0.25) is 0 Å². The normalized spacial score (nSPS) is 20.9. The maximum atomic E-state index is 11.2. The summed E-state index contributed by atoms with van der Waals surface area (Å²) >= 11 is 3.54. The Morgan fingerprint density at radius 1 is 1.50 bits per heavy atom. The molecule has 0 unspecified atom stereocenters. The van der Waals surface area contributed by atoms with Gasteiger partial charge in [0, 0.05) is 6.20 Å². The Labute approximate surface area is 91.9 Å². The van der Waals surface area contributed by atoms with Gasteiger partial charge in [0.2, 0.25) is 0 Å². The molecule has 2 rings (SSSR count). The number of hydrogen-bond donors (Lipinski definition) is 0. The molecule has 0 aliphatic heterocycles. The van der Waals surface area contributed by atoms with Crippen LogP contribution in [0.1, 0.15) is 25.0 Å². The molecule has 1 aromatic heterocycles. The van der Waals surface area contributed by atoms with Crippen molar-refractivity contribution in [3.8, 4) is 0 Å². The van der Waals surface area contributed by atoms with E-state index in [1.807, 2.05) is 18.2 Å². The van der Waals surface area contributed by atoms with Crippen LogP contribution in [-0.2, 0) is 9.12 Å². The number of pyridine rings is 1. The first kappa shape index (κ1) is 9.84. The van der Waals surface area contributed by atoms with E-state index in [4.69, 9.17) is 0 Å². The van der Waals surface area contributed by atoms with E-state index in [-0.39, 0.29) is 0 Å². The van der Waals surface area contributed by atoms with Gasteiger partial charge < -0.3 is 4.79 Å². The zero-order valence-corrected chi connectivity index (χ0v) is 9.40. The van der Waals surface area contributed by atoms with Gasteiger partial charge in [-0.05, 0) is 30.9 Å². The van der Waals surface area contributed by atoms with Gasteiger partial charge in [-0.3, -0.25) is 4.98 Å². The Morgan fingerprint density at radius 3 is 2.71 bits per heavy atom. The van der Waals surface area contributed by atoms with Gasteiger partial charge in [0.15, 0.2) is 0 Å². The fourth-order valence-corrected chi connectivity index (χ4v) is 2.48. The second kappa shape index (κ2) is 3.81. The standard InChI is InChI=1S/C11H12BrNO/c12-11(8-14,9-4-3-5-9)10-6-1-2-7-13-10/h1-2,6-9H,3-5H2/t11-/m0/s1. The molecule has 1 aromatic rings. The van der Waals surface area contributed by atoms with Crippen molar-refractivity contribution < 1.29 is 4.79 Å². The minimum atomic E-state index is -0.549. The van der Waals surface area contributed by atoms with E-state index in [0.717, 1.165) is 24.8 Å². The lowest BCUT2D eigenvalue weighted by Crippen LogP contribution is -2.35. The number of halogens is 1. The summed E-state index contributed by atoms with van der Waals surface area (Å²) in [6, 6.07) is 5.68. The first-order chi connectivity index (χ1) is 6.77. The highest BCUT2D eigenvalue weighted by Gasteiger charge is 2.42. The Balaban J connectivity index is 2.32. The monoisotopic (exact) mass is 253 g/mol. The van der Waals surface area contributed by atoms with Crippen molar-refractivity contribution in [1.29, 1.82) is 0 Å². The molecule has 1 heterocycles. The molecule has 0 amide bonds. The van der Waals surface area contributed by atoms with E-state index in [0.29, 0.717) is 5.92 Å². The van der Waals surface area contributed by atoms with Gasteiger partial charge in [0.25, 0.3) is 0 Å². The molecule has 1 atom stereocenters. The van der Waals surface area contributed by atoms with Crippen molar-refractivity contribution in [3.63, 3.8) is 0 Å². The summed E-state index contributed by atoms with van der Waals surface area (Å²) in [4.78, 5) is 15.4. The summed E-state index contributed by atoms with van der Waals surface area (Å²) in [5, 5.41) is 0. The fraction of sp³-hybridized carbons (Fsp3) is 0.455. The maximum absolute atomic E-state index is 11.2. The molecule has 74 valence electrons. The number of aldehydes is 1. The van der Waals surface area contributed by atoms with E-state index in [1.165, 1.54) is 6.42 Å². The molecule has 1 aliphatic rings. The molecule has 14 heavy (non-hydrogen) atoms. The zero-order chi connectivity index (χ0) is 10.0. The van der Waals surface area contributed by atoms with E-state index >= 15 is 0 Å². The third-order valence-corrected chi connectivity index (χ3v) is 4.17. The summed E-state index contributed by atoms with van der Waals surface area (Å²) in [6.45, 7) is 0. The topological polar surface area (TPSA) is 30.0 Å². The Morgan fingerprint density at radius 2 is 2.29 bits per heavy atom. The van der Waals surface area contributed by atoms with Crippen molar-refractivity contribution in [3.05, 3.63) is 30.1 Å². The molecule has 3 heteroatoms. The number of alkyl halides is 1. The molecule has 0 radical (unpaired) electrons. The van der Waals surface area contributed by atoms with Gasteiger partial charge in [-0.25, -0.2) is 0 Å². The van der Waals surface area contributed by atoms with Gasteiger partial charge in [-0.15, -0.1) is 0 Å². The predicted molar refractivity (Wildman–Crippen MR) is 58.2 cm³/mol. The van der Waals surface area contributed by atoms with E-state index < -0.39 is 4.32 Å². The average molecular weight is 254 g/mol. The molecule has 1 saturated carbocycles. The number of nitrogens with zero attached hydrogens (tertiary/aromatic N) is 1. The summed E-state index contributed by atoms with van der Waals surface area (Å²) in [7, 11) is 0. The van der Waals surface area contributed by atoms with Crippen LogP contribution in [0.4, 0.5) is 0 Å². The molecular weight excluding hydrogens is 242 g/mol. The fourth-order valence-electron chi connectivity index (χ4n) is 1.78. The highest BCUT2D eigenvalue weighted by atomic mass is 79.9. The van der Waals surface area contributed by atoms with Crippen molar-refractivity contribution in [1.82, 2.24) is 4.98 Å². The molecule has 2 nitrogen and oxygen atoms in total. The van der Waals surface area contributed by atoms with E-state index in [1.54, 1.807) is 6.20 Å². The van der Waals surface area contributed by atoms with Gasteiger partial charge >= 0.3 is 0 Å². The lowest BCUT2D eigenvalue weighted by Gasteiger charge is -2.36. The van der Waals surface area contributed by atoms with Gasteiger partial charge in [-0.2, -0.15) is 0 Å². The van der Waals surface area contributed by atoms with Crippen molar-refractivity contribution in [2.24, 2.45) is 5.92 Å². The molecule has 0 bridgehead atoms. The lowest BCUT2D eigenvalue weighted by atomic mass is 9.75. The number of carbonyl (C=O) groups excluding carboxylic acids is 1. The number of carbonyl (C=O) groups is 1. The summed E-state index contributed by atoms with van der Waals surface area (Å²) in [5.74, 6) is 0.412. The van der Waals surface area contributed by atoms with Gasteiger partial charge in [0.1, 0.15) is 10.6 Å². The number of aromatic nitrogens is 1. The Kier molecular flexibility index (Phi) is 2.68. The maximum Gasteiger partial charge on any atom is 0.143 e. The number of rotatable bonds is 3. The van der Waals surface area contributed by atoms with Gasteiger partial charge in [-0.1, -0.05) is 28.4 Å². The molecule has 0 N–H and O–H groups in total. The Bertz CT molecular complexity index is 323. The van der Waals surface area contributed by atoms with Gasteiger partial charge in [0.05, 0.1) is 5.69 Å². The first-order valence-electron chi connectivity index (χ1n) is 4.84. The smallest absolute Gasteiger partial charge is 0.143 e. The Hall–Kier alpha value is -0.700. The third-order valence-electron chi connectivity index (χ3n) is 2.93. The molecule has 1 fully saturated rings. The predicted octanol–water partition coefficient (Wildman–Crippen LogP) is 2.67. The lowest BCUT2D eigenvalue weighted by molar-refractivity contribution is -0.111. The third kappa shape index (κ3) is 1.50. The first-order valence-corrected chi connectivity index (χ1v) is 5.63. The quantitative estimate of drug-likeness (QED) is 0.613. The summed E-state index contributed by atoms with van der Waals surface area (Å²) < 4.78 is -0.549. The second-order valence-corrected chi connectivity index (χ2v) is 5.04. The second-order valence-electron chi connectivity index (χ2n) is 3.73.